The molecular formula is C15H17NO3. The SMILES string of the molecule is CCn1c(-c2ccc(OCOC)cc2)cccc1=O. The highest BCUT2D eigenvalue weighted by molar-refractivity contribution is 5.60. The summed E-state index contributed by atoms with van der Waals surface area (Å²) in [6.45, 7) is 2.84. The number of hydrogen-bond acceptors (Lipinski definition) is 3. The molecule has 0 saturated heterocycles. The lowest BCUT2D eigenvalue weighted by Gasteiger charge is -2.11. The van der Waals surface area contributed by atoms with Gasteiger partial charge in [0.1, 0.15) is 5.75 Å². The van der Waals surface area contributed by atoms with Crippen molar-refractivity contribution in [3.63, 3.8) is 0 Å². The first kappa shape index (κ1) is 13.4. The summed E-state index contributed by atoms with van der Waals surface area (Å²) in [5.74, 6) is 0.743. The molecule has 0 spiro atoms. The molecule has 2 rings (SSSR count). The van der Waals surface area contributed by atoms with Gasteiger partial charge in [-0.1, -0.05) is 6.07 Å². The molecular weight excluding hydrogens is 242 g/mol. The molecule has 0 atom stereocenters. The molecule has 0 amide bonds. The fourth-order valence-electron chi connectivity index (χ4n) is 1.95. The Hall–Kier alpha value is -2.07. The lowest BCUT2D eigenvalue weighted by molar-refractivity contribution is 0.0511. The largest absolute Gasteiger partial charge is 0.468 e. The first-order valence-corrected chi connectivity index (χ1v) is 6.18. The predicted octanol–water partition coefficient (Wildman–Crippen LogP) is 2.52. The van der Waals surface area contributed by atoms with Gasteiger partial charge in [-0.3, -0.25) is 4.79 Å². The molecule has 0 saturated carbocycles. The van der Waals surface area contributed by atoms with Gasteiger partial charge in [0, 0.05) is 19.7 Å². The lowest BCUT2D eigenvalue weighted by Crippen LogP contribution is -2.19. The zero-order valence-electron chi connectivity index (χ0n) is 11.1. The highest BCUT2D eigenvalue weighted by Crippen LogP contribution is 2.21. The summed E-state index contributed by atoms with van der Waals surface area (Å²) in [5.41, 5.74) is 1.91. The van der Waals surface area contributed by atoms with Crippen molar-refractivity contribution >= 4 is 0 Å². The summed E-state index contributed by atoms with van der Waals surface area (Å²) in [6.07, 6.45) is 0. The van der Waals surface area contributed by atoms with E-state index in [4.69, 9.17) is 9.47 Å². The molecule has 0 N–H and O–H groups in total. The molecule has 1 aromatic carbocycles. The van der Waals surface area contributed by atoms with Gasteiger partial charge in [-0.2, -0.15) is 0 Å². The van der Waals surface area contributed by atoms with Gasteiger partial charge in [-0.05, 0) is 42.8 Å². The third kappa shape index (κ3) is 3.03. The highest BCUT2D eigenvalue weighted by atomic mass is 16.7. The van der Waals surface area contributed by atoms with Crippen molar-refractivity contribution in [2.45, 2.75) is 13.5 Å². The van der Waals surface area contributed by atoms with E-state index >= 15 is 0 Å². The van der Waals surface area contributed by atoms with Gasteiger partial charge >= 0.3 is 0 Å². The maximum atomic E-state index is 11.8. The van der Waals surface area contributed by atoms with Crippen molar-refractivity contribution in [3.05, 3.63) is 52.8 Å². The zero-order valence-corrected chi connectivity index (χ0v) is 11.1. The van der Waals surface area contributed by atoms with E-state index in [-0.39, 0.29) is 12.4 Å². The number of rotatable bonds is 5. The minimum absolute atomic E-state index is 0.0136. The Labute approximate surface area is 112 Å². The van der Waals surface area contributed by atoms with Crippen molar-refractivity contribution in [1.82, 2.24) is 4.57 Å². The van der Waals surface area contributed by atoms with Gasteiger partial charge in [0.05, 0.1) is 5.69 Å². The fraction of sp³-hybridized carbons (Fsp3) is 0.267. The molecule has 0 aliphatic carbocycles. The number of ether oxygens (including phenoxy) is 2. The van der Waals surface area contributed by atoms with Gasteiger partial charge in [0.25, 0.3) is 5.56 Å². The van der Waals surface area contributed by atoms with Crippen molar-refractivity contribution in [2.24, 2.45) is 0 Å². The van der Waals surface area contributed by atoms with Crippen LogP contribution in [0.25, 0.3) is 11.3 Å². The number of methoxy groups -OCH3 is 1. The van der Waals surface area contributed by atoms with Gasteiger partial charge in [0.15, 0.2) is 6.79 Å². The van der Waals surface area contributed by atoms with Crippen LogP contribution in [0.3, 0.4) is 0 Å². The minimum Gasteiger partial charge on any atom is -0.468 e. The monoisotopic (exact) mass is 259 g/mol. The van der Waals surface area contributed by atoms with Crippen LogP contribution < -0.4 is 10.3 Å². The predicted molar refractivity (Wildman–Crippen MR) is 74.3 cm³/mol. The first-order valence-electron chi connectivity index (χ1n) is 6.18. The van der Waals surface area contributed by atoms with E-state index in [9.17, 15) is 4.79 Å². The molecule has 19 heavy (non-hydrogen) atoms. The van der Waals surface area contributed by atoms with Crippen molar-refractivity contribution in [1.29, 1.82) is 0 Å². The Balaban J connectivity index is 2.32. The van der Waals surface area contributed by atoms with E-state index in [2.05, 4.69) is 0 Å². The molecule has 0 bridgehead atoms. The second kappa shape index (κ2) is 6.20. The van der Waals surface area contributed by atoms with Gasteiger partial charge in [-0.25, -0.2) is 0 Å². The second-order valence-corrected chi connectivity index (χ2v) is 4.07. The highest BCUT2D eigenvalue weighted by Gasteiger charge is 2.04. The number of benzene rings is 1. The van der Waals surface area contributed by atoms with Crippen LogP contribution in [0.4, 0.5) is 0 Å². The molecule has 4 heteroatoms. The maximum Gasteiger partial charge on any atom is 0.250 e. The molecule has 0 unspecified atom stereocenters. The summed E-state index contributed by atoms with van der Waals surface area (Å²) in [5, 5.41) is 0. The lowest BCUT2D eigenvalue weighted by atomic mass is 10.1. The second-order valence-electron chi connectivity index (χ2n) is 4.07. The van der Waals surface area contributed by atoms with E-state index in [0.29, 0.717) is 6.54 Å². The number of hydrogen-bond donors (Lipinski definition) is 0. The molecule has 0 aliphatic rings. The van der Waals surface area contributed by atoms with Crippen LogP contribution in [0.15, 0.2) is 47.3 Å². The topological polar surface area (TPSA) is 40.5 Å². The molecule has 0 radical (unpaired) electrons. The van der Waals surface area contributed by atoms with Crippen LogP contribution in [0.2, 0.25) is 0 Å². The maximum absolute atomic E-state index is 11.8. The molecule has 1 heterocycles. The molecule has 100 valence electrons. The Bertz CT molecular complexity index is 587. The summed E-state index contributed by atoms with van der Waals surface area (Å²) in [4.78, 5) is 11.8. The number of nitrogens with zero attached hydrogens (tertiary/aromatic N) is 1. The fourth-order valence-corrected chi connectivity index (χ4v) is 1.95. The molecule has 1 aromatic heterocycles. The molecule has 0 aliphatic heterocycles. The van der Waals surface area contributed by atoms with Crippen LogP contribution in [-0.2, 0) is 11.3 Å². The third-order valence-electron chi connectivity index (χ3n) is 2.86. The average Bonchev–Trinajstić information content (AvgIpc) is 2.45. The number of aromatic nitrogens is 1. The Morgan fingerprint density at radius 2 is 1.84 bits per heavy atom. The van der Waals surface area contributed by atoms with Crippen molar-refractivity contribution in [3.8, 4) is 17.0 Å². The van der Waals surface area contributed by atoms with E-state index in [0.717, 1.165) is 17.0 Å². The standard InChI is InChI=1S/C15H17NO3/c1-3-16-14(5-4-6-15(16)17)12-7-9-13(10-8-12)19-11-18-2/h4-10H,3,11H2,1-2H3. The third-order valence-corrected chi connectivity index (χ3v) is 2.86. The summed E-state index contributed by atoms with van der Waals surface area (Å²) in [7, 11) is 1.58. The van der Waals surface area contributed by atoms with E-state index in [1.807, 2.05) is 37.3 Å². The van der Waals surface area contributed by atoms with Crippen molar-refractivity contribution < 1.29 is 9.47 Å². The Morgan fingerprint density at radius 3 is 2.47 bits per heavy atom. The van der Waals surface area contributed by atoms with Crippen LogP contribution in [0.1, 0.15) is 6.92 Å². The summed E-state index contributed by atoms with van der Waals surface area (Å²) < 4.78 is 11.9. The van der Waals surface area contributed by atoms with Crippen LogP contribution in [-0.4, -0.2) is 18.5 Å². The quantitative estimate of drug-likeness (QED) is 0.775. The summed E-state index contributed by atoms with van der Waals surface area (Å²) in [6, 6.07) is 12.9. The number of pyridine rings is 1. The van der Waals surface area contributed by atoms with Crippen LogP contribution in [0, 0.1) is 0 Å². The molecule has 4 nitrogen and oxygen atoms in total. The van der Waals surface area contributed by atoms with Crippen molar-refractivity contribution in [2.75, 3.05) is 13.9 Å². The minimum atomic E-state index is 0.0136. The van der Waals surface area contributed by atoms with E-state index < -0.39 is 0 Å². The zero-order chi connectivity index (χ0) is 13.7. The van der Waals surface area contributed by atoms with Gasteiger partial charge < -0.3 is 14.0 Å². The smallest absolute Gasteiger partial charge is 0.250 e. The van der Waals surface area contributed by atoms with Crippen LogP contribution >= 0.6 is 0 Å². The first-order chi connectivity index (χ1) is 9.26. The average molecular weight is 259 g/mol. The molecule has 2 aromatic rings. The van der Waals surface area contributed by atoms with Gasteiger partial charge in [0.2, 0.25) is 0 Å². The Morgan fingerprint density at radius 1 is 1.11 bits per heavy atom. The van der Waals surface area contributed by atoms with E-state index in [1.54, 1.807) is 23.8 Å². The van der Waals surface area contributed by atoms with E-state index in [1.165, 1.54) is 0 Å². The molecule has 0 fully saturated rings. The van der Waals surface area contributed by atoms with Gasteiger partial charge in [-0.15, -0.1) is 0 Å². The normalized spacial score (nSPS) is 10.4. The van der Waals surface area contributed by atoms with Crippen LogP contribution in [0.5, 0.6) is 5.75 Å². The Kier molecular flexibility index (Phi) is 4.36. The summed E-state index contributed by atoms with van der Waals surface area (Å²) >= 11 is 0.